The number of halogens is 1. The summed E-state index contributed by atoms with van der Waals surface area (Å²) in [5, 5.41) is 26.4. The molecule has 0 unspecified atom stereocenters. The quantitative estimate of drug-likeness (QED) is 0.368. The van der Waals surface area contributed by atoms with Crippen LogP contribution in [0.15, 0.2) is 71.2 Å². The van der Waals surface area contributed by atoms with E-state index in [2.05, 4.69) is 26.6 Å². The van der Waals surface area contributed by atoms with Crippen LogP contribution in [-0.4, -0.2) is 21.8 Å². The van der Waals surface area contributed by atoms with Crippen LogP contribution in [0.5, 0.6) is 5.75 Å². The predicted octanol–water partition coefficient (Wildman–Crippen LogP) is 4.25. The van der Waals surface area contributed by atoms with Crippen LogP contribution < -0.4 is 10.6 Å². The molecule has 2 amide bonds. The van der Waals surface area contributed by atoms with Crippen molar-refractivity contribution in [2.45, 2.75) is 6.54 Å². The third-order valence-corrected chi connectivity index (χ3v) is 4.71. The Labute approximate surface area is 179 Å². The number of aromatic hydroxyl groups is 1. The Hall–Kier alpha value is -3.72. The number of hydrogen-bond donors (Lipinski definition) is 3. The van der Waals surface area contributed by atoms with Gasteiger partial charge in [-0.2, -0.15) is 0 Å². The van der Waals surface area contributed by atoms with Crippen molar-refractivity contribution in [1.82, 2.24) is 5.32 Å². The number of phenols is 1. The van der Waals surface area contributed by atoms with Gasteiger partial charge in [-0.15, -0.1) is 0 Å². The number of benzene rings is 3. The van der Waals surface area contributed by atoms with Crippen molar-refractivity contribution in [3.63, 3.8) is 0 Å². The van der Waals surface area contributed by atoms with E-state index < -0.39 is 10.8 Å². The van der Waals surface area contributed by atoms with Gasteiger partial charge in [0.05, 0.1) is 10.5 Å². The number of phenolic OH excluding ortho intramolecular Hbond substituents is 1. The molecule has 8 nitrogen and oxygen atoms in total. The van der Waals surface area contributed by atoms with Crippen molar-refractivity contribution in [2.75, 3.05) is 5.32 Å². The van der Waals surface area contributed by atoms with Crippen LogP contribution in [0.25, 0.3) is 0 Å². The predicted molar refractivity (Wildman–Crippen MR) is 114 cm³/mol. The molecular weight excluding hydrogens is 454 g/mol. The molecular formula is C21H16BrN3O5. The van der Waals surface area contributed by atoms with E-state index in [4.69, 9.17) is 0 Å². The number of para-hydroxylation sites is 1. The fourth-order valence-corrected chi connectivity index (χ4v) is 3.14. The number of rotatable bonds is 6. The molecule has 152 valence electrons. The Balaban J connectivity index is 1.68. The molecule has 3 N–H and O–H groups in total. The van der Waals surface area contributed by atoms with Gasteiger partial charge in [0.15, 0.2) is 0 Å². The Morgan fingerprint density at radius 3 is 2.47 bits per heavy atom. The highest BCUT2D eigenvalue weighted by molar-refractivity contribution is 9.10. The fourth-order valence-electron chi connectivity index (χ4n) is 2.74. The molecule has 3 aromatic rings. The molecule has 0 bridgehead atoms. The van der Waals surface area contributed by atoms with E-state index in [1.165, 1.54) is 30.3 Å². The molecule has 0 spiro atoms. The van der Waals surface area contributed by atoms with Crippen molar-refractivity contribution in [3.8, 4) is 5.75 Å². The summed E-state index contributed by atoms with van der Waals surface area (Å²) in [6.07, 6.45) is 0. The molecule has 30 heavy (non-hydrogen) atoms. The van der Waals surface area contributed by atoms with Gasteiger partial charge < -0.3 is 15.7 Å². The second kappa shape index (κ2) is 9.19. The molecule has 0 aromatic heterocycles. The van der Waals surface area contributed by atoms with Gasteiger partial charge in [0.1, 0.15) is 5.75 Å². The van der Waals surface area contributed by atoms with E-state index in [1.54, 1.807) is 36.4 Å². The molecule has 0 atom stereocenters. The number of amides is 2. The van der Waals surface area contributed by atoms with Crippen molar-refractivity contribution in [2.24, 2.45) is 0 Å². The average molecular weight is 470 g/mol. The highest BCUT2D eigenvalue weighted by atomic mass is 79.9. The highest BCUT2D eigenvalue weighted by Crippen LogP contribution is 2.23. The summed E-state index contributed by atoms with van der Waals surface area (Å²) in [6, 6.07) is 17.0. The van der Waals surface area contributed by atoms with Crippen LogP contribution in [0.4, 0.5) is 11.4 Å². The number of hydrogen-bond acceptors (Lipinski definition) is 5. The van der Waals surface area contributed by atoms with E-state index >= 15 is 0 Å². The molecule has 3 aromatic carbocycles. The number of carbonyl (C=O) groups excluding carboxylic acids is 2. The maximum atomic E-state index is 12.4. The van der Waals surface area contributed by atoms with E-state index in [9.17, 15) is 24.8 Å². The Kier molecular flexibility index (Phi) is 6.43. The van der Waals surface area contributed by atoms with Gasteiger partial charge in [0, 0.05) is 40.0 Å². The van der Waals surface area contributed by atoms with Gasteiger partial charge in [0.2, 0.25) is 0 Å². The van der Waals surface area contributed by atoms with Crippen molar-refractivity contribution in [3.05, 3.63) is 98.0 Å². The summed E-state index contributed by atoms with van der Waals surface area (Å²) >= 11 is 3.30. The Morgan fingerprint density at radius 1 is 1.00 bits per heavy atom. The number of carbonyl (C=O) groups is 2. The fraction of sp³-hybridized carbons (Fsp3) is 0.0476. The van der Waals surface area contributed by atoms with Gasteiger partial charge in [-0.1, -0.05) is 40.2 Å². The molecule has 9 heteroatoms. The third-order valence-electron chi connectivity index (χ3n) is 4.21. The largest absolute Gasteiger partial charge is 0.507 e. The van der Waals surface area contributed by atoms with E-state index in [0.717, 1.165) is 4.47 Å². The standard InChI is InChI=1S/C21H16BrN3O5/c22-15-6-3-5-13(10-15)20(27)24-16-8-9-17(19(26)11-16)21(28)23-12-14-4-1-2-7-18(14)25(29)30/h1-11,26H,12H2,(H,23,28)(H,24,27). The Morgan fingerprint density at radius 2 is 1.77 bits per heavy atom. The summed E-state index contributed by atoms with van der Waals surface area (Å²) in [6.45, 7) is -0.0726. The van der Waals surface area contributed by atoms with Gasteiger partial charge in [0.25, 0.3) is 17.5 Å². The zero-order valence-electron chi connectivity index (χ0n) is 15.5. The lowest BCUT2D eigenvalue weighted by atomic mass is 10.1. The molecule has 0 aliphatic heterocycles. The lowest BCUT2D eigenvalue weighted by Crippen LogP contribution is -2.23. The first kappa shape index (κ1) is 21.0. The summed E-state index contributed by atoms with van der Waals surface area (Å²) in [7, 11) is 0. The first-order valence-corrected chi connectivity index (χ1v) is 9.55. The third kappa shape index (κ3) is 5.00. The second-order valence-corrected chi connectivity index (χ2v) is 7.18. The maximum absolute atomic E-state index is 12.4. The monoisotopic (exact) mass is 469 g/mol. The molecule has 0 heterocycles. The van der Waals surface area contributed by atoms with Gasteiger partial charge in [-0.3, -0.25) is 19.7 Å². The summed E-state index contributed by atoms with van der Waals surface area (Å²) < 4.78 is 0.753. The van der Waals surface area contributed by atoms with E-state index in [1.807, 2.05) is 0 Å². The number of anilines is 1. The number of nitrogens with zero attached hydrogens (tertiary/aromatic N) is 1. The Bertz CT molecular complexity index is 1130. The zero-order chi connectivity index (χ0) is 21.7. The average Bonchev–Trinajstić information content (AvgIpc) is 2.72. The van der Waals surface area contributed by atoms with Gasteiger partial charge in [-0.25, -0.2) is 0 Å². The van der Waals surface area contributed by atoms with Crippen LogP contribution >= 0.6 is 15.9 Å². The van der Waals surface area contributed by atoms with Crippen LogP contribution in [0.2, 0.25) is 0 Å². The van der Waals surface area contributed by atoms with E-state index in [-0.39, 0.29) is 29.5 Å². The van der Waals surface area contributed by atoms with E-state index in [0.29, 0.717) is 16.8 Å². The summed E-state index contributed by atoms with van der Waals surface area (Å²) in [4.78, 5) is 35.2. The topological polar surface area (TPSA) is 122 Å². The zero-order valence-corrected chi connectivity index (χ0v) is 17.0. The lowest BCUT2D eigenvalue weighted by molar-refractivity contribution is -0.385. The number of nitro benzene ring substituents is 1. The normalized spacial score (nSPS) is 10.3. The molecule has 0 saturated carbocycles. The SMILES string of the molecule is O=C(Nc1ccc(C(=O)NCc2ccccc2[N+](=O)[O-])c(O)c1)c1cccc(Br)c1. The first-order valence-electron chi connectivity index (χ1n) is 8.75. The first-order chi connectivity index (χ1) is 14.3. The minimum absolute atomic E-state index is 0.0194. The summed E-state index contributed by atoms with van der Waals surface area (Å²) in [5.41, 5.74) is 0.956. The second-order valence-electron chi connectivity index (χ2n) is 6.26. The van der Waals surface area contributed by atoms with Crippen LogP contribution in [-0.2, 0) is 6.54 Å². The minimum Gasteiger partial charge on any atom is -0.507 e. The molecule has 0 aliphatic carbocycles. The molecule has 0 fully saturated rings. The summed E-state index contributed by atoms with van der Waals surface area (Å²) in [5.74, 6) is -1.30. The van der Waals surface area contributed by atoms with Crippen LogP contribution in [0, 0.1) is 10.1 Å². The molecule has 0 saturated heterocycles. The molecule has 3 rings (SSSR count). The molecule has 0 aliphatic rings. The number of nitro groups is 1. The van der Waals surface area contributed by atoms with Crippen LogP contribution in [0.1, 0.15) is 26.3 Å². The lowest BCUT2D eigenvalue weighted by Gasteiger charge is -2.10. The van der Waals surface area contributed by atoms with Crippen molar-refractivity contribution < 1.29 is 19.6 Å². The van der Waals surface area contributed by atoms with Gasteiger partial charge in [-0.05, 0) is 30.3 Å². The maximum Gasteiger partial charge on any atom is 0.274 e. The number of nitrogens with one attached hydrogen (secondary N) is 2. The minimum atomic E-state index is -0.601. The van der Waals surface area contributed by atoms with Crippen LogP contribution in [0.3, 0.4) is 0 Å². The molecule has 0 radical (unpaired) electrons. The van der Waals surface area contributed by atoms with Gasteiger partial charge >= 0.3 is 0 Å². The smallest absolute Gasteiger partial charge is 0.274 e. The van der Waals surface area contributed by atoms with Crippen molar-refractivity contribution >= 4 is 39.1 Å². The van der Waals surface area contributed by atoms with Crippen molar-refractivity contribution in [1.29, 1.82) is 0 Å². The highest BCUT2D eigenvalue weighted by Gasteiger charge is 2.16.